The summed E-state index contributed by atoms with van der Waals surface area (Å²) in [6, 6.07) is 5.20. The number of aromatic nitrogens is 1. The fourth-order valence-corrected chi connectivity index (χ4v) is 1.83. The first-order valence-corrected chi connectivity index (χ1v) is 6.22. The topological polar surface area (TPSA) is 24.9 Å². The summed E-state index contributed by atoms with van der Waals surface area (Å²) in [4.78, 5) is 3.93. The van der Waals surface area contributed by atoms with Crippen LogP contribution < -0.4 is 5.32 Å². The Balaban J connectivity index is 2.09. The molecule has 0 fully saturated rings. The maximum atomic E-state index is 13.4. The van der Waals surface area contributed by atoms with Gasteiger partial charge in [-0.25, -0.2) is 13.8 Å². The van der Waals surface area contributed by atoms with E-state index in [-0.39, 0.29) is 6.54 Å². The van der Waals surface area contributed by atoms with E-state index in [1.807, 2.05) is 0 Å². The molecule has 0 aliphatic heterocycles. The third-order valence-corrected chi connectivity index (χ3v) is 3.43. The zero-order valence-electron chi connectivity index (χ0n) is 9.05. The van der Waals surface area contributed by atoms with E-state index in [1.54, 1.807) is 6.07 Å². The molecule has 1 N–H and O–H groups in total. The highest BCUT2D eigenvalue weighted by atomic mass is 79.9. The van der Waals surface area contributed by atoms with Gasteiger partial charge in [0.1, 0.15) is 16.8 Å². The van der Waals surface area contributed by atoms with E-state index in [1.165, 1.54) is 18.3 Å². The molecule has 1 heterocycles. The van der Waals surface area contributed by atoms with Crippen LogP contribution in [0.1, 0.15) is 5.56 Å². The average molecular weight is 334 g/mol. The van der Waals surface area contributed by atoms with Crippen LogP contribution in [0.5, 0.6) is 0 Å². The Morgan fingerprint density at radius 2 is 2.06 bits per heavy atom. The summed E-state index contributed by atoms with van der Waals surface area (Å²) in [5.74, 6) is -1.17. The molecule has 0 bridgehead atoms. The number of nitrogens with zero attached hydrogens (tertiary/aromatic N) is 1. The van der Waals surface area contributed by atoms with Crippen molar-refractivity contribution in [3.8, 4) is 0 Å². The maximum Gasteiger partial charge on any atom is 0.143 e. The highest BCUT2D eigenvalue weighted by molar-refractivity contribution is 9.10. The minimum atomic E-state index is -0.591. The molecule has 0 amide bonds. The first kappa shape index (κ1) is 13.2. The molecule has 1 aromatic carbocycles. The summed E-state index contributed by atoms with van der Waals surface area (Å²) in [6.07, 6.45) is 1.54. The molecule has 6 heteroatoms. The van der Waals surface area contributed by atoms with E-state index in [4.69, 9.17) is 11.6 Å². The second-order valence-corrected chi connectivity index (χ2v) is 4.80. The molecule has 0 unspecified atom stereocenters. The van der Waals surface area contributed by atoms with Gasteiger partial charge in [0.25, 0.3) is 0 Å². The summed E-state index contributed by atoms with van der Waals surface area (Å²) >= 11 is 8.99. The summed E-state index contributed by atoms with van der Waals surface area (Å²) in [6.45, 7) is 0.238. The standard InChI is InChI=1S/C12H8BrClF2N2/c13-10-4-9(6-18-12(10)14)17-5-7-1-2-8(15)3-11(7)16/h1-4,6,17H,5H2. The van der Waals surface area contributed by atoms with E-state index in [2.05, 4.69) is 26.2 Å². The Hall–Kier alpha value is -1.20. The Morgan fingerprint density at radius 1 is 1.28 bits per heavy atom. The van der Waals surface area contributed by atoms with Crippen LogP contribution in [0.2, 0.25) is 5.15 Å². The SMILES string of the molecule is Fc1ccc(CNc2cnc(Cl)c(Br)c2)c(F)c1. The van der Waals surface area contributed by atoms with E-state index >= 15 is 0 Å². The van der Waals surface area contributed by atoms with Gasteiger partial charge in [0.2, 0.25) is 0 Å². The van der Waals surface area contributed by atoms with Crippen molar-refractivity contribution in [2.45, 2.75) is 6.54 Å². The Kier molecular flexibility index (Phi) is 4.14. The number of pyridine rings is 1. The molecular weight excluding hydrogens is 325 g/mol. The van der Waals surface area contributed by atoms with Crippen LogP contribution >= 0.6 is 27.5 Å². The van der Waals surface area contributed by atoms with Gasteiger partial charge in [-0.3, -0.25) is 0 Å². The van der Waals surface area contributed by atoms with Crippen molar-refractivity contribution in [2.75, 3.05) is 5.32 Å². The lowest BCUT2D eigenvalue weighted by molar-refractivity contribution is 0.574. The van der Waals surface area contributed by atoms with Crippen molar-refractivity contribution in [3.63, 3.8) is 0 Å². The van der Waals surface area contributed by atoms with Gasteiger partial charge >= 0.3 is 0 Å². The Morgan fingerprint density at radius 3 is 2.72 bits per heavy atom. The van der Waals surface area contributed by atoms with Gasteiger partial charge in [0, 0.05) is 18.2 Å². The van der Waals surface area contributed by atoms with E-state index in [9.17, 15) is 8.78 Å². The molecule has 18 heavy (non-hydrogen) atoms. The maximum absolute atomic E-state index is 13.4. The fourth-order valence-electron chi connectivity index (χ4n) is 1.38. The van der Waals surface area contributed by atoms with Crippen molar-refractivity contribution >= 4 is 33.2 Å². The summed E-state index contributed by atoms with van der Waals surface area (Å²) in [5.41, 5.74) is 1.07. The monoisotopic (exact) mass is 332 g/mol. The Bertz CT molecular complexity index is 578. The van der Waals surface area contributed by atoms with Crippen molar-refractivity contribution in [1.82, 2.24) is 4.98 Å². The zero-order chi connectivity index (χ0) is 13.1. The number of hydrogen-bond donors (Lipinski definition) is 1. The van der Waals surface area contributed by atoms with Gasteiger partial charge in [-0.1, -0.05) is 17.7 Å². The van der Waals surface area contributed by atoms with Crippen LogP contribution in [0.15, 0.2) is 34.9 Å². The van der Waals surface area contributed by atoms with Gasteiger partial charge in [-0.15, -0.1) is 0 Å². The lowest BCUT2D eigenvalue weighted by atomic mass is 10.2. The summed E-state index contributed by atoms with van der Waals surface area (Å²) < 4.78 is 26.7. The third-order valence-electron chi connectivity index (χ3n) is 2.29. The van der Waals surface area contributed by atoms with Gasteiger partial charge in [-0.05, 0) is 28.1 Å². The van der Waals surface area contributed by atoms with E-state index in [0.717, 1.165) is 6.07 Å². The number of benzene rings is 1. The number of halogens is 4. The molecule has 0 spiro atoms. The van der Waals surface area contributed by atoms with Crippen LogP contribution in [0.25, 0.3) is 0 Å². The predicted molar refractivity (Wildman–Crippen MR) is 70.6 cm³/mol. The number of anilines is 1. The smallest absolute Gasteiger partial charge is 0.143 e. The molecule has 0 atom stereocenters. The van der Waals surface area contributed by atoms with Gasteiger partial charge < -0.3 is 5.32 Å². The van der Waals surface area contributed by atoms with Crippen molar-refractivity contribution in [3.05, 3.63) is 57.3 Å². The van der Waals surface area contributed by atoms with Crippen molar-refractivity contribution in [2.24, 2.45) is 0 Å². The quantitative estimate of drug-likeness (QED) is 0.843. The predicted octanol–water partition coefficient (Wildman–Crippen LogP) is 4.39. The minimum Gasteiger partial charge on any atom is -0.380 e. The van der Waals surface area contributed by atoms with E-state index < -0.39 is 11.6 Å². The first-order valence-electron chi connectivity index (χ1n) is 5.05. The molecule has 0 radical (unpaired) electrons. The highest BCUT2D eigenvalue weighted by Crippen LogP contribution is 2.23. The van der Waals surface area contributed by atoms with Gasteiger partial charge in [0.05, 0.1) is 16.4 Å². The van der Waals surface area contributed by atoms with Crippen LogP contribution in [0.3, 0.4) is 0 Å². The molecule has 0 saturated carbocycles. The van der Waals surface area contributed by atoms with Gasteiger partial charge in [0.15, 0.2) is 0 Å². The average Bonchev–Trinajstić information content (AvgIpc) is 2.32. The first-order chi connectivity index (χ1) is 8.56. The minimum absolute atomic E-state index is 0.238. The molecule has 94 valence electrons. The number of hydrogen-bond acceptors (Lipinski definition) is 2. The van der Waals surface area contributed by atoms with E-state index in [0.29, 0.717) is 20.9 Å². The molecule has 2 nitrogen and oxygen atoms in total. The molecule has 0 aliphatic rings. The highest BCUT2D eigenvalue weighted by Gasteiger charge is 2.05. The molecule has 2 rings (SSSR count). The lowest BCUT2D eigenvalue weighted by Gasteiger charge is -2.08. The molecular formula is C12H8BrClF2N2. The van der Waals surface area contributed by atoms with Crippen molar-refractivity contribution < 1.29 is 8.78 Å². The van der Waals surface area contributed by atoms with Crippen LogP contribution in [-0.2, 0) is 6.54 Å². The molecule has 0 saturated heterocycles. The third kappa shape index (κ3) is 3.17. The summed E-state index contributed by atoms with van der Waals surface area (Å²) in [7, 11) is 0. The van der Waals surface area contributed by atoms with Gasteiger partial charge in [-0.2, -0.15) is 0 Å². The largest absolute Gasteiger partial charge is 0.380 e. The number of rotatable bonds is 3. The van der Waals surface area contributed by atoms with Crippen LogP contribution in [-0.4, -0.2) is 4.98 Å². The summed E-state index contributed by atoms with van der Waals surface area (Å²) in [5, 5.41) is 3.33. The van der Waals surface area contributed by atoms with Crippen molar-refractivity contribution in [1.29, 1.82) is 0 Å². The molecule has 1 aromatic heterocycles. The second kappa shape index (κ2) is 5.63. The lowest BCUT2D eigenvalue weighted by Crippen LogP contribution is -2.02. The fraction of sp³-hybridized carbons (Fsp3) is 0.0833. The zero-order valence-corrected chi connectivity index (χ0v) is 11.4. The number of nitrogens with one attached hydrogen (secondary N) is 1. The van der Waals surface area contributed by atoms with Crippen LogP contribution in [0, 0.1) is 11.6 Å². The normalized spacial score (nSPS) is 10.4. The second-order valence-electron chi connectivity index (χ2n) is 3.59. The Labute approximate surface area is 116 Å². The molecule has 0 aliphatic carbocycles. The van der Waals surface area contributed by atoms with Crippen LogP contribution in [0.4, 0.5) is 14.5 Å². The molecule has 2 aromatic rings.